The van der Waals surface area contributed by atoms with E-state index in [-0.39, 0.29) is 6.61 Å². The number of esters is 1. The van der Waals surface area contributed by atoms with Crippen LogP contribution in [0.15, 0.2) is 11.8 Å². The van der Waals surface area contributed by atoms with Gasteiger partial charge in [-0.15, -0.1) is 0 Å². The van der Waals surface area contributed by atoms with Gasteiger partial charge in [0.1, 0.15) is 0 Å². The average molecular weight is 172 g/mol. The highest BCUT2D eigenvalue weighted by Gasteiger charge is 2.11. The van der Waals surface area contributed by atoms with Crippen molar-refractivity contribution in [2.75, 3.05) is 13.7 Å². The molecule has 0 N–H and O–H groups in total. The van der Waals surface area contributed by atoms with Gasteiger partial charge in [0.05, 0.1) is 19.5 Å². The summed E-state index contributed by atoms with van der Waals surface area (Å²) >= 11 is 0. The molecule has 0 aromatic rings. The van der Waals surface area contributed by atoms with Crippen LogP contribution >= 0.6 is 0 Å². The number of hydrogen-bond acceptors (Lipinski definition) is 4. The van der Waals surface area contributed by atoms with Crippen molar-refractivity contribution in [3.05, 3.63) is 11.8 Å². The quantitative estimate of drug-likeness (QED) is 0.270. The number of hydrogen-bond donors (Lipinski definition) is 0. The number of carbonyl (C=O) groups excluding carboxylic acids is 2. The number of ketones is 1. The minimum atomic E-state index is -0.853. The van der Waals surface area contributed by atoms with Gasteiger partial charge < -0.3 is 9.47 Å². The van der Waals surface area contributed by atoms with E-state index in [4.69, 9.17) is 0 Å². The fourth-order valence-corrected chi connectivity index (χ4v) is 0.505. The molecule has 0 rings (SSSR count). The molecule has 0 bridgehead atoms. The van der Waals surface area contributed by atoms with Crippen molar-refractivity contribution in [3.8, 4) is 0 Å². The highest BCUT2D eigenvalue weighted by molar-refractivity contribution is 6.38. The standard InChI is InChI=1S/C8H12O4/c1-4-12-8(10)7(9)5-6(2)11-3/h5H,4H2,1-3H3/b6-5-. The van der Waals surface area contributed by atoms with Crippen LogP contribution in [0.3, 0.4) is 0 Å². The molecule has 0 saturated heterocycles. The van der Waals surface area contributed by atoms with E-state index in [1.807, 2.05) is 0 Å². The molecule has 0 spiro atoms. The van der Waals surface area contributed by atoms with Crippen molar-refractivity contribution in [1.29, 1.82) is 0 Å². The summed E-state index contributed by atoms with van der Waals surface area (Å²) in [4.78, 5) is 21.6. The molecular formula is C8H12O4. The molecule has 0 unspecified atom stereocenters. The first kappa shape index (κ1) is 10.7. The zero-order valence-electron chi connectivity index (χ0n) is 7.42. The number of carbonyl (C=O) groups is 2. The number of ether oxygens (including phenoxy) is 2. The SMILES string of the molecule is CCOC(=O)C(=O)/C=C(/C)OC. The number of methoxy groups -OCH3 is 1. The van der Waals surface area contributed by atoms with E-state index >= 15 is 0 Å². The molecule has 0 aromatic heterocycles. The van der Waals surface area contributed by atoms with Crippen LogP contribution < -0.4 is 0 Å². The Kier molecular flexibility index (Phi) is 4.76. The number of rotatable bonds is 4. The fraction of sp³-hybridized carbons (Fsp3) is 0.500. The van der Waals surface area contributed by atoms with Crippen molar-refractivity contribution >= 4 is 11.8 Å². The molecule has 4 heteroatoms. The first-order valence-corrected chi connectivity index (χ1v) is 3.55. The Hall–Kier alpha value is -1.32. The average Bonchev–Trinajstić information content (AvgIpc) is 2.04. The van der Waals surface area contributed by atoms with E-state index in [1.165, 1.54) is 7.11 Å². The third-order valence-corrected chi connectivity index (χ3v) is 1.13. The monoisotopic (exact) mass is 172 g/mol. The first-order chi connectivity index (χ1) is 5.61. The van der Waals surface area contributed by atoms with Crippen LogP contribution in [0.5, 0.6) is 0 Å². The minimum Gasteiger partial charge on any atom is -0.501 e. The van der Waals surface area contributed by atoms with Crippen LogP contribution in [0.4, 0.5) is 0 Å². The minimum absolute atomic E-state index is 0.199. The van der Waals surface area contributed by atoms with Crippen LogP contribution in [0.2, 0.25) is 0 Å². The van der Waals surface area contributed by atoms with Gasteiger partial charge in [-0.3, -0.25) is 4.79 Å². The maximum Gasteiger partial charge on any atom is 0.379 e. The molecule has 12 heavy (non-hydrogen) atoms. The van der Waals surface area contributed by atoms with Crippen LogP contribution in [0.25, 0.3) is 0 Å². The van der Waals surface area contributed by atoms with Crippen LogP contribution in [-0.2, 0) is 19.1 Å². The lowest BCUT2D eigenvalue weighted by atomic mass is 10.3. The largest absolute Gasteiger partial charge is 0.501 e. The molecular weight excluding hydrogens is 160 g/mol. The Balaban J connectivity index is 4.12. The predicted octanol–water partition coefficient (Wildman–Crippen LogP) is 0.669. The summed E-state index contributed by atoms with van der Waals surface area (Å²) in [6.45, 7) is 3.42. The van der Waals surface area contributed by atoms with E-state index in [9.17, 15) is 9.59 Å². The van der Waals surface area contributed by atoms with E-state index < -0.39 is 11.8 Å². The van der Waals surface area contributed by atoms with Gasteiger partial charge in [0.2, 0.25) is 0 Å². The third kappa shape index (κ3) is 3.75. The van der Waals surface area contributed by atoms with Crippen molar-refractivity contribution in [2.45, 2.75) is 13.8 Å². The predicted molar refractivity (Wildman–Crippen MR) is 42.4 cm³/mol. The zero-order valence-corrected chi connectivity index (χ0v) is 7.42. The van der Waals surface area contributed by atoms with Gasteiger partial charge in [0.25, 0.3) is 5.78 Å². The molecule has 0 saturated carbocycles. The summed E-state index contributed by atoms with van der Waals surface area (Å²) < 4.78 is 9.14. The maximum atomic E-state index is 10.9. The Labute approximate surface area is 71.2 Å². The van der Waals surface area contributed by atoms with Gasteiger partial charge in [-0.2, -0.15) is 0 Å². The second-order valence-corrected chi connectivity index (χ2v) is 2.04. The Bertz CT molecular complexity index is 205. The summed E-state index contributed by atoms with van der Waals surface area (Å²) in [6, 6.07) is 0. The molecule has 0 aliphatic heterocycles. The molecule has 0 radical (unpaired) electrons. The molecule has 0 heterocycles. The summed E-state index contributed by atoms with van der Waals surface area (Å²) in [5.41, 5.74) is 0. The lowest BCUT2D eigenvalue weighted by Gasteiger charge is -1.98. The molecule has 0 aliphatic rings. The van der Waals surface area contributed by atoms with Crippen molar-refractivity contribution in [2.24, 2.45) is 0 Å². The fourth-order valence-electron chi connectivity index (χ4n) is 0.505. The Morgan fingerprint density at radius 3 is 2.42 bits per heavy atom. The summed E-state index contributed by atoms with van der Waals surface area (Å²) in [5, 5.41) is 0. The van der Waals surface area contributed by atoms with E-state index in [0.717, 1.165) is 6.08 Å². The van der Waals surface area contributed by atoms with Gasteiger partial charge in [0.15, 0.2) is 0 Å². The van der Waals surface area contributed by atoms with Gasteiger partial charge in [0, 0.05) is 6.08 Å². The molecule has 0 aromatic carbocycles. The van der Waals surface area contributed by atoms with Crippen LogP contribution in [0.1, 0.15) is 13.8 Å². The van der Waals surface area contributed by atoms with E-state index in [1.54, 1.807) is 13.8 Å². The lowest BCUT2D eigenvalue weighted by molar-refractivity contribution is -0.151. The van der Waals surface area contributed by atoms with E-state index in [0.29, 0.717) is 5.76 Å². The second kappa shape index (κ2) is 5.35. The first-order valence-electron chi connectivity index (χ1n) is 3.55. The van der Waals surface area contributed by atoms with Gasteiger partial charge >= 0.3 is 5.97 Å². The molecule has 0 aliphatic carbocycles. The number of allylic oxidation sites excluding steroid dienone is 1. The zero-order chi connectivity index (χ0) is 9.56. The molecule has 0 fully saturated rings. The Morgan fingerprint density at radius 1 is 1.42 bits per heavy atom. The lowest BCUT2D eigenvalue weighted by Crippen LogP contribution is -2.15. The highest BCUT2D eigenvalue weighted by atomic mass is 16.5. The maximum absolute atomic E-state index is 10.9. The third-order valence-electron chi connectivity index (χ3n) is 1.13. The van der Waals surface area contributed by atoms with Crippen LogP contribution in [-0.4, -0.2) is 25.5 Å². The van der Waals surface area contributed by atoms with Gasteiger partial charge in [-0.05, 0) is 13.8 Å². The molecule has 4 nitrogen and oxygen atoms in total. The van der Waals surface area contributed by atoms with Gasteiger partial charge in [-0.25, -0.2) is 4.79 Å². The van der Waals surface area contributed by atoms with Crippen molar-refractivity contribution in [3.63, 3.8) is 0 Å². The van der Waals surface area contributed by atoms with E-state index in [2.05, 4.69) is 9.47 Å². The highest BCUT2D eigenvalue weighted by Crippen LogP contribution is 1.93. The van der Waals surface area contributed by atoms with Crippen LogP contribution in [0, 0.1) is 0 Å². The summed E-state index contributed by atoms with van der Waals surface area (Å²) in [6.07, 6.45) is 1.10. The summed E-state index contributed by atoms with van der Waals surface area (Å²) in [5.74, 6) is -1.17. The molecule has 68 valence electrons. The second-order valence-electron chi connectivity index (χ2n) is 2.04. The van der Waals surface area contributed by atoms with Crippen molar-refractivity contribution in [1.82, 2.24) is 0 Å². The smallest absolute Gasteiger partial charge is 0.379 e. The summed E-state index contributed by atoms with van der Waals surface area (Å²) in [7, 11) is 1.42. The molecule has 0 atom stereocenters. The normalized spacial score (nSPS) is 10.8. The topological polar surface area (TPSA) is 52.6 Å². The van der Waals surface area contributed by atoms with Crippen molar-refractivity contribution < 1.29 is 19.1 Å². The van der Waals surface area contributed by atoms with Gasteiger partial charge in [-0.1, -0.05) is 0 Å². The molecule has 0 amide bonds. The Morgan fingerprint density at radius 2 is 2.00 bits per heavy atom.